The summed E-state index contributed by atoms with van der Waals surface area (Å²) in [5.41, 5.74) is -1.63. The lowest BCUT2D eigenvalue weighted by Crippen LogP contribution is -2.52. The molecule has 0 aliphatic heterocycles. The average Bonchev–Trinajstić information content (AvgIpc) is 2.47. The number of halogens is 8. The lowest BCUT2D eigenvalue weighted by molar-refractivity contribution is 0.388. The molecule has 138 valence electrons. The first-order valence-electron chi connectivity index (χ1n) is 6.69. The van der Waals surface area contributed by atoms with Gasteiger partial charge in [0.1, 0.15) is 5.54 Å². The van der Waals surface area contributed by atoms with Crippen LogP contribution in [0, 0.1) is 0 Å². The zero-order valence-electron chi connectivity index (χ0n) is 12.3. The standard InChI is InChI=1S/C13H10Cl8N4/c1-6(14)25-11(5-3-2-4-7(11)15)8-22-9(12(16,17)18)24-10(23-8)13(19,20)21/h2-7,25H,1H3. The highest BCUT2D eigenvalue weighted by molar-refractivity contribution is 6.67. The number of hydrogen-bond acceptors (Lipinski definition) is 4. The van der Waals surface area contributed by atoms with Gasteiger partial charge in [-0.3, -0.25) is 5.32 Å². The van der Waals surface area contributed by atoms with Gasteiger partial charge in [0.05, 0.1) is 10.9 Å². The molecule has 0 fully saturated rings. The van der Waals surface area contributed by atoms with Crippen LogP contribution < -0.4 is 5.32 Å². The van der Waals surface area contributed by atoms with E-state index in [-0.39, 0.29) is 17.5 Å². The van der Waals surface area contributed by atoms with Gasteiger partial charge in [-0.15, -0.1) is 23.2 Å². The van der Waals surface area contributed by atoms with E-state index in [1.807, 2.05) is 0 Å². The molecule has 3 unspecified atom stereocenters. The first kappa shape index (κ1) is 22.1. The predicted octanol–water partition coefficient (Wildman–Crippen LogP) is 5.63. The summed E-state index contributed by atoms with van der Waals surface area (Å²) in [4.78, 5) is 12.4. The first-order chi connectivity index (χ1) is 11.4. The van der Waals surface area contributed by atoms with Crippen LogP contribution in [0.4, 0.5) is 0 Å². The van der Waals surface area contributed by atoms with Crippen LogP contribution in [0.5, 0.6) is 0 Å². The maximum atomic E-state index is 6.49. The summed E-state index contributed by atoms with van der Waals surface area (Å²) in [6.07, 6.45) is 6.97. The van der Waals surface area contributed by atoms with Gasteiger partial charge in [-0.25, -0.2) is 15.0 Å². The zero-order valence-corrected chi connectivity index (χ0v) is 18.4. The lowest BCUT2D eigenvalue weighted by Gasteiger charge is -2.36. The number of rotatable bonds is 3. The molecule has 0 bridgehead atoms. The molecule has 4 nitrogen and oxygen atoms in total. The second-order valence-electron chi connectivity index (χ2n) is 5.08. The predicted molar refractivity (Wildman–Crippen MR) is 106 cm³/mol. The Labute approximate surface area is 184 Å². The molecule has 1 aromatic rings. The van der Waals surface area contributed by atoms with Gasteiger partial charge in [0.2, 0.25) is 7.59 Å². The van der Waals surface area contributed by atoms with Crippen molar-refractivity contribution in [2.45, 2.75) is 30.9 Å². The van der Waals surface area contributed by atoms with Crippen LogP contribution in [0.2, 0.25) is 0 Å². The summed E-state index contributed by atoms with van der Waals surface area (Å²) in [6, 6.07) is 0. The Hall–Kier alpha value is 0.770. The van der Waals surface area contributed by atoms with Crippen LogP contribution >= 0.6 is 92.8 Å². The van der Waals surface area contributed by atoms with Crippen LogP contribution in [-0.2, 0) is 13.1 Å². The van der Waals surface area contributed by atoms with Gasteiger partial charge in [-0.05, 0) is 6.92 Å². The minimum absolute atomic E-state index is 0.0956. The Bertz CT molecular complexity index is 662. The molecule has 0 spiro atoms. The van der Waals surface area contributed by atoms with Gasteiger partial charge >= 0.3 is 0 Å². The molecule has 0 saturated heterocycles. The molecule has 1 aliphatic carbocycles. The van der Waals surface area contributed by atoms with Crippen LogP contribution in [0.15, 0.2) is 24.3 Å². The van der Waals surface area contributed by atoms with E-state index in [4.69, 9.17) is 92.8 Å². The molecule has 1 aromatic heterocycles. The second-order valence-corrected chi connectivity index (χ2v) is 10.8. The molecule has 1 aliphatic rings. The molecule has 12 heteroatoms. The highest BCUT2D eigenvalue weighted by Gasteiger charge is 2.44. The van der Waals surface area contributed by atoms with E-state index in [0.717, 1.165) is 0 Å². The van der Waals surface area contributed by atoms with Crippen LogP contribution in [-0.4, -0.2) is 25.8 Å². The molecule has 25 heavy (non-hydrogen) atoms. The van der Waals surface area contributed by atoms with Crippen molar-refractivity contribution in [3.8, 4) is 0 Å². The van der Waals surface area contributed by atoms with E-state index < -0.39 is 24.0 Å². The van der Waals surface area contributed by atoms with Crippen molar-refractivity contribution in [1.82, 2.24) is 20.3 Å². The lowest BCUT2D eigenvalue weighted by atomic mass is 9.89. The monoisotopic (exact) mass is 502 g/mol. The average molecular weight is 506 g/mol. The summed E-state index contributed by atoms with van der Waals surface area (Å²) < 4.78 is -3.93. The SMILES string of the molecule is CC(Cl)NC1(c2nc(C(Cl)(Cl)Cl)nc(C(Cl)(Cl)Cl)n2)C=CC=CC1Cl. The molecule has 0 amide bonds. The van der Waals surface area contributed by atoms with E-state index in [1.165, 1.54) is 0 Å². The van der Waals surface area contributed by atoms with Crippen LogP contribution in [0.1, 0.15) is 24.4 Å². The highest BCUT2D eigenvalue weighted by Crippen LogP contribution is 2.42. The van der Waals surface area contributed by atoms with Crippen molar-refractivity contribution in [3.05, 3.63) is 41.8 Å². The largest absolute Gasteiger partial charge is 0.284 e. The fraction of sp³-hybridized carbons (Fsp3) is 0.462. The second kappa shape index (κ2) is 8.02. The van der Waals surface area contributed by atoms with Gasteiger partial charge < -0.3 is 0 Å². The number of hydrogen-bond donors (Lipinski definition) is 1. The topological polar surface area (TPSA) is 50.7 Å². The summed E-state index contributed by atoms with van der Waals surface area (Å²) in [5, 5.41) is 2.48. The minimum atomic E-state index is -1.97. The van der Waals surface area contributed by atoms with Gasteiger partial charge in [0.15, 0.2) is 17.5 Å². The molecule has 1 heterocycles. The van der Waals surface area contributed by atoms with Crippen LogP contribution in [0.25, 0.3) is 0 Å². The number of allylic oxidation sites excluding steroid dienone is 2. The molecular weight excluding hydrogens is 496 g/mol. The van der Waals surface area contributed by atoms with Crippen molar-refractivity contribution in [2.24, 2.45) is 0 Å². The van der Waals surface area contributed by atoms with E-state index in [1.54, 1.807) is 31.2 Å². The van der Waals surface area contributed by atoms with Crippen molar-refractivity contribution in [1.29, 1.82) is 0 Å². The van der Waals surface area contributed by atoms with Crippen molar-refractivity contribution in [2.75, 3.05) is 0 Å². The fourth-order valence-corrected chi connectivity index (χ4v) is 3.15. The normalized spacial score (nSPS) is 25.2. The number of aromatic nitrogens is 3. The van der Waals surface area contributed by atoms with Crippen molar-refractivity contribution >= 4 is 92.8 Å². The smallest absolute Gasteiger partial charge is 0.250 e. The van der Waals surface area contributed by atoms with Crippen molar-refractivity contribution < 1.29 is 0 Å². The maximum Gasteiger partial charge on any atom is 0.250 e. The number of nitrogens with one attached hydrogen (secondary N) is 1. The Morgan fingerprint density at radius 3 is 1.92 bits per heavy atom. The molecule has 3 atom stereocenters. The van der Waals surface area contributed by atoms with E-state index in [9.17, 15) is 0 Å². The Morgan fingerprint density at radius 1 is 1.00 bits per heavy atom. The Kier molecular flexibility index (Phi) is 7.08. The van der Waals surface area contributed by atoms with Gasteiger partial charge in [0, 0.05) is 0 Å². The Balaban J connectivity index is 2.73. The van der Waals surface area contributed by atoms with Gasteiger partial charge in [0.25, 0.3) is 0 Å². The molecule has 0 aromatic carbocycles. The Morgan fingerprint density at radius 2 is 1.52 bits per heavy atom. The zero-order chi connectivity index (χ0) is 19.0. The van der Waals surface area contributed by atoms with Gasteiger partial charge in [-0.1, -0.05) is 93.9 Å². The third-order valence-electron chi connectivity index (χ3n) is 3.14. The number of nitrogens with zero attached hydrogens (tertiary/aromatic N) is 3. The summed E-state index contributed by atoms with van der Waals surface area (Å²) in [5.74, 6) is -0.323. The van der Waals surface area contributed by atoms with E-state index in [0.29, 0.717) is 0 Å². The maximum absolute atomic E-state index is 6.49. The molecular formula is C13H10Cl8N4. The first-order valence-corrected chi connectivity index (χ1v) is 9.83. The quantitative estimate of drug-likeness (QED) is 0.427. The van der Waals surface area contributed by atoms with Gasteiger partial charge in [-0.2, -0.15) is 0 Å². The summed E-state index contributed by atoms with van der Waals surface area (Å²) >= 11 is 48.1. The molecule has 0 saturated carbocycles. The third-order valence-corrected chi connectivity index (χ3v) is 4.75. The molecule has 0 radical (unpaired) electrons. The fourth-order valence-electron chi connectivity index (χ4n) is 2.15. The summed E-state index contributed by atoms with van der Waals surface area (Å²) in [6.45, 7) is 1.71. The highest BCUT2D eigenvalue weighted by atomic mass is 35.6. The van der Waals surface area contributed by atoms with E-state index in [2.05, 4.69) is 20.3 Å². The third kappa shape index (κ3) is 5.18. The van der Waals surface area contributed by atoms with Crippen LogP contribution in [0.3, 0.4) is 0 Å². The van der Waals surface area contributed by atoms with Crippen molar-refractivity contribution in [3.63, 3.8) is 0 Å². The summed E-state index contributed by atoms with van der Waals surface area (Å²) in [7, 11) is 0. The number of alkyl halides is 8. The molecule has 1 N–H and O–H groups in total. The molecule has 2 rings (SSSR count). The minimum Gasteiger partial charge on any atom is -0.284 e. The van der Waals surface area contributed by atoms with E-state index >= 15 is 0 Å².